The Morgan fingerprint density at radius 2 is 1.90 bits per heavy atom. The maximum Gasteiger partial charge on any atom is 0.228 e. The van der Waals surface area contributed by atoms with Crippen molar-refractivity contribution in [2.45, 2.75) is 12.8 Å². The second-order valence-corrected chi connectivity index (χ2v) is 6.30. The third kappa shape index (κ3) is 3.54. The summed E-state index contributed by atoms with van der Waals surface area (Å²) in [6.45, 7) is 2.04. The van der Waals surface area contributed by atoms with Gasteiger partial charge in [0.2, 0.25) is 5.96 Å². The molecule has 0 spiro atoms. The van der Waals surface area contributed by atoms with E-state index in [1.54, 1.807) is 11.3 Å². The minimum Gasteiger partial charge on any atom is -0.341 e. The molecule has 0 N–H and O–H groups in total. The van der Waals surface area contributed by atoms with Crippen LogP contribution in [0.5, 0.6) is 0 Å². The molecule has 1 fully saturated rings. The lowest BCUT2D eigenvalue weighted by Gasteiger charge is -2.15. The van der Waals surface area contributed by atoms with Crippen LogP contribution < -0.4 is 4.80 Å². The Bertz CT molecular complexity index is 693. The van der Waals surface area contributed by atoms with Gasteiger partial charge in [0, 0.05) is 36.7 Å². The first-order valence-corrected chi connectivity index (χ1v) is 8.22. The lowest BCUT2D eigenvalue weighted by Crippen LogP contribution is -2.28. The van der Waals surface area contributed by atoms with Gasteiger partial charge in [0.15, 0.2) is 4.80 Å². The molecule has 21 heavy (non-hydrogen) atoms. The Morgan fingerprint density at radius 1 is 1.19 bits per heavy atom. The van der Waals surface area contributed by atoms with E-state index < -0.39 is 0 Å². The number of benzene rings is 1. The van der Waals surface area contributed by atoms with E-state index in [0.29, 0.717) is 0 Å². The van der Waals surface area contributed by atoms with Crippen molar-refractivity contribution < 1.29 is 0 Å². The molecule has 1 aliphatic heterocycles. The first kappa shape index (κ1) is 14.4. The highest BCUT2D eigenvalue weighted by molar-refractivity contribution is 7.07. The van der Waals surface area contributed by atoms with Crippen molar-refractivity contribution >= 4 is 34.6 Å². The van der Waals surface area contributed by atoms with Crippen molar-refractivity contribution in [3.8, 4) is 0 Å². The summed E-state index contributed by atoms with van der Waals surface area (Å²) in [7, 11) is 2.00. The van der Waals surface area contributed by atoms with Crippen molar-refractivity contribution in [2.24, 2.45) is 17.0 Å². The van der Waals surface area contributed by atoms with Gasteiger partial charge in [-0.2, -0.15) is 4.99 Å². The van der Waals surface area contributed by atoms with E-state index >= 15 is 0 Å². The van der Waals surface area contributed by atoms with Crippen LogP contribution >= 0.6 is 22.9 Å². The molecule has 1 aromatic carbocycles. The lowest BCUT2D eigenvalue weighted by atomic mass is 10.3. The fraction of sp³-hybridized carbons (Fsp3) is 0.333. The van der Waals surface area contributed by atoms with Gasteiger partial charge in [0.25, 0.3) is 0 Å². The van der Waals surface area contributed by atoms with Gasteiger partial charge in [0.1, 0.15) is 0 Å². The molecule has 2 heterocycles. The molecule has 0 amide bonds. The quantitative estimate of drug-likeness (QED) is 0.585. The number of guanidine groups is 1. The van der Waals surface area contributed by atoms with E-state index in [1.165, 1.54) is 12.8 Å². The zero-order valence-electron chi connectivity index (χ0n) is 11.9. The number of aryl methyl sites for hydroxylation is 1. The number of hydrogen-bond acceptors (Lipinski definition) is 2. The molecule has 0 radical (unpaired) electrons. The molecule has 0 saturated carbocycles. The van der Waals surface area contributed by atoms with E-state index in [2.05, 4.69) is 4.90 Å². The number of rotatable bonds is 1. The average molecular weight is 321 g/mol. The second-order valence-electron chi connectivity index (χ2n) is 4.99. The smallest absolute Gasteiger partial charge is 0.228 e. The van der Waals surface area contributed by atoms with Gasteiger partial charge in [-0.05, 0) is 37.1 Å². The maximum atomic E-state index is 5.93. The molecule has 0 bridgehead atoms. The standard InChI is InChI=1S/C15H17ClN4S/c1-19-10-11-21-15(19)18-14(20-8-2-3-9-20)17-13-6-4-12(16)5-7-13/h4-7,10-11H,2-3,8-9H2,1H3. The van der Waals surface area contributed by atoms with Crippen molar-refractivity contribution in [3.63, 3.8) is 0 Å². The zero-order chi connectivity index (χ0) is 14.7. The Hall–Kier alpha value is -1.59. The SMILES string of the molecule is Cn1ccsc1=NC(=Nc1ccc(Cl)cc1)N1CCCC1. The molecule has 2 aromatic rings. The Morgan fingerprint density at radius 3 is 2.52 bits per heavy atom. The van der Waals surface area contributed by atoms with Crippen LogP contribution in [0, 0.1) is 0 Å². The molecule has 4 nitrogen and oxygen atoms in total. The fourth-order valence-corrected chi connectivity index (χ4v) is 3.09. The van der Waals surface area contributed by atoms with Gasteiger partial charge in [-0.15, -0.1) is 11.3 Å². The highest BCUT2D eigenvalue weighted by atomic mass is 35.5. The molecule has 0 aliphatic carbocycles. The molecule has 1 aromatic heterocycles. The summed E-state index contributed by atoms with van der Waals surface area (Å²) in [6, 6.07) is 7.55. The topological polar surface area (TPSA) is 32.9 Å². The molecular formula is C15H17ClN4S. The summed E-state index contributed by atoms with van der Waals surface area (Å²) in [5.41, 5.74) is 0.879. The largest absolute Gasteiger partial charge is 0.341 e. The monoisotopic (exact) mass is 320 g/mol. The van der Waals surface area contributed by atoms with E-state index in [1.807, 2.05) is 47.5 Å². The summed E-state index contributed by atoms with van der Waals surface area (Å²) in [6.07, 6.45) is 4.41. The minimum atomic E-state index is 0.721. The van der Waals surface area contributed by atoms with Crippen LogP contribution in [0.4, 0.5) is 5.69 Å². The summed E-state index contributed by atoms with van der Waals surface area (Å²) in [5, 5.41) is 2.75. The summed E-state index contributed by atoms with van der Waals surface area (Å²) in [5.74, 6) is 0.785. The molecule has 0 unspecified atom stereocenters. The minimum absolute atomic E-state index is 0.721. The van der Waals surface area contributed by atoms with Gasteiger partial charge in [0.05, 0.1) is 5.69 Å². The first-order chi connectivity index (χ1) is 10.2. The number of nitrogens with zero attached hydrogens (tertiary/aromatic N) is 4. The van der Waals surface area contributed by atoms with Crippen LogP contribution in [-0.2, 0) is 7.05 Å². The van der Waals surface area contributed by atoms with Gasteiger partial charge in [-0.3, -0.25) is 0 Å². The summed E-state index contributed by atoms with van der Waals surface area (Å²) in [4.78, 5) is 12.6. The molecule has 3 rings (SSSR count). The van der Waals surface area contributed by atoms with Crippen LogP contribution in [0.3, 0.4) is 0 Å². The number of aliphatic imine (C=N–C) groups is 1. The normalized spacial score (nSPS) is 16.8. The number of halogens is 1. The van der Waals surface area contributed by atoms with E-state index in [-0.39, 0.29) is 0 Å². The Kier molecular flexibility index (Phi) is 4.41. The number of likely N-dealkylation sites (tertiary alicyclic amines) is 1. The van der Waals surface area contributed by atoms with Crippen LogP contribution in [-0.4, -0.2) is 28.5 Å². The second kappa shape index (κ2) is 6.45. The lowest BCUT2D eigenvalue weighted by molar-refractivity contribution is 0.512. The predicted molar refractivity (Wildman–Crippen MR) is 88.2 cm³/mol. The van der Waals surface area contributed by atoms with Gasteiger partial charge in [-0.25, -0.2) is 4.99 Å². The van der Waals surface area contributed by atoms with Gasteiger partial charge < -0.3 is 9.47 Å². The predicted octanol–water partition coefficient (Wildman–Crippen LogP) is 3.42. The van der Waals surface area contributed by atoms with Crippen molar-refractivity contribution in [2.75, 3.05) is 13.1 Å². The third-order valence-corrected chi connectivity index (χ3v) is 4.50. The molecule has 1 aliphatic rings. The van der Waals surface area contributed by atoms with Crippen LogP contribution in [0.15, 0.2) is 45.8 Å². The van der Waals surface area contributed by atoms with Crippen LogP contribution in [0.2, 0.25) is 5.02 Å². The van der Waals surface area contributed by atoms with Crippen molar-refractivity contribution in [3.05, 3.63) is 45.7 Å². The first-order valence-electron chi connectivity index (χ1n) is 6.96. The van der Waals surface area contributed by atoms with E-state index in [4.69, 9.17) is 21.6 Å². The molecule has 6 heteroatoms. The van der Waals surface area contributed by atoms with Crippen LogP contribution in [0.25, 0.3) is 0 Å². The molecule has 110 valence electrons. The highest BCUT2D eigenvalue weighted by Crippen LogP contribution is 2.18. The molecular weight excluding hydrogens is 304 g/mol. The van der Waals surface area contributed by atoms with Crippen molar-refractivity contribution in [1.29, 1.82) is 0 Å². The van der Waals surface area contributed by atoms with Gasteiger partial charge >= 0.3 is 0 Å². The van der Waals surface area contributed by atoms with Crippen molar-refractivity contribution in [1.82, 2.24) is 9.47 Å². The summed E-state index contributed by atoms with van der Waals surface area (Å²) >= 11 is 7.54. The van der Waals surface area contributed by atoms with Crippen LogP contribution in [0.1, 0.15) is 12.8 Å². The Balaban J connectivity index is 2.00. The molecule has 1 saturated heterocycles. The highest BCUT2D eigenvalue weighted by Gasteiger charge is 2.16. The number of aromatic nitrogens is 1. The zero-order valence-corrected chi connectivity index (χ0v) is 13.4. The average Bonchev–Trinajstić information content (AvgIpc) is 3.13. The maximum absolute atomic E-state index is 5.93. The van der Waals surface area contributed by atoms with Gasteiger partial charge in [-0.1, -0.05) is 11.6 Å². The fourth-order valence-electron chi connectivity index (χ4n) is 2.23. The number of hydrogen-bond donors (Lipinski definition) is 0. The van der Waals surface area contributed by atoms with E-state index in [9.17, 15) is 0 Å². The third-order valence-electron chi connectivity index (χ3n) is 3.40. The number of thiazole rings is 1. The Labute approximate surface area is 133 Å². The molecule has 0 atom stereocenters. The summed E-state index contributed by atoms with van der Waals surface area (Å²) < 4.78 is 2.01. The van der Waals surface area contributed by atoms with E-state index in [0.717, 1.165) is 34.6 Å².